The number of nitrogens with zero attached hydrogens (tertiary/aromatic N) is 3. The smallest absolute Gasteiger partial charge is 0.270 e. The second kappa shape index (κ2) is 8.97. The van der Waals surface area contributed by atoms with Crippen molar-refractivity contribution in [3.63, 3.8) is 0 Å². The monoisotopic (exact) mass is 451 g/mol. The van der Waals surface area contributed by atoms with Crippen LogP contribution < -0.4 is 9.64 Å². The number of aryl methyl sites for hydroxylation is 1. The molecule has 3 aromatic rings. The molecule has 0 N–H and O–H groups in total. The van der Waals surface area contributed by atoms with Gasteiger partial charge in [-0.3, -0.25) is 14.6 Å². The zero-order chi connectivity index (χ0) is 20.4. The van der Waals surface area contributed by atoms with Crippen molar-refractivity contribution in [2.24, 2.45) is 0 Å². The summed E-state index contributed by atoms with van der Waals surface area (Å²) < 4.78 is 12.5. The van der Waals surface area contributed by atoms with Crippen molar-refractivity contribution in [1.29, 1.82) is 0 Å². The molecule has 29 heavy (non-hydrogen) atoms. The molecule has 0 saturated carbocycles. The number of carbonyl (C=O) groups excluding carboxylic acids is 1. The van der Waals surface area contributed by atoms with Crippen LogP contribution in [0.2, 0.25) is 4.34 Å². The zero-order valence-corrected chi connectivity index (χ0v) is 18.7. The van der Waals surface area contributed by atoms with Gasteiger partial charge in [-0.2, -0.15) is 0 Å². The van der Waals surface area contributed by atoms with Crippen LogP contribution in [-0.4, -0.2) is 62.3 Å². The van der Waals surface area contributed by atoms with Crippen molar-refractivity contribution in [2.75, 3.05) is 51.4 Å². The van der Waals surface area contributed by atoms with Crippen LogP contribution in [-0.2, 0) is 4.74 Å². The van der Waals surface area contributed by atoms with E-state index in [1.807, 2.05) is 19.1 Å². The summed E-state index contributed by atoms with van der Waals surface area (Å²) in [6.45, 7) is 6.57. The molecule has 0 aliphatic carbocycles. The van der Waals surface area contributed by atoms with Gasteiger partial charge in [-0.15, -0.1) is 11.3 Å². The third kappa shape index (κ3) is 4.41. The summed E-state index contributed by atoms with van der Waals surface area (Å²) >= 11 is 8.89. The van der Waals surface area contributed by atoms with Gasteiger partial charge in [-0.05, 0) is 30.7 Å². The fourth-order valence-corrected chi connectivity index (χ4v) is 5.36. The molecule has 4 rings (SSSR count). The third-order valence-corrected chi connectivity index (χ3v) is 7.35. The molecular weight excluding hydrogens is 430 g/mol. The van der Waals surface area contributed by atoms with E-state index in [4.69, 9.17) is 26.1 Å². The third-order valence-electron chi connectivity index (χ3n) is 4.92. The van der Waals surface area contributed by atoms with Gasteiger partial charge >= 0.3 is 0 Å². The number of aromatic nitrogens is 1. The Balaban J connectivity index is 1.68. The summed E-state index contributed by atoms with van der Waals surface area (Å²) in [5.74, 6) is 0.638. The number of carbonyl (C=O) groups is 1. The maximum absolute atomic E-state index is 13.3. The molecule has 1 aliphatic heterocycles. The number of benzene rings is 1. The summed E-state index contributed by atoms with van der Waals surface area (Å²) in [6.07, 6.45) is 0. The molecule has 3 heterocycles. The lowest BCUT2D eigenvalue weighted by atomic mass is 10.2. The van der Waals surface area contributed by atoms with Crippen molar-refractivity contribution in [1.82, 2.24) is 9.88 Å². The Morgan fingerprint density at radius 3 is 2.76 bits per heavy atom. The predicted molar refractivity (Wildman–Crippen MR) is 119 cm³/mol. The van der Waals surface area contributed by atoms with Crippen LogP contribution in [0, 0.1) is 6.92 Å². The number of amides is 1. The van der Waals surface area contributed by atoms with Crippen LogP contribution in [0.5, 0.6) is 5.75 Å². The molecule has 0 bridgehead atoms. The maximum atomic E-state index is 13.3. The van der Waals surface area contributed by atoms with Crippen molar-refractivity contribution < 1.29 is 14.3 Å². The van der Waals surface area contributed by atoms with Crippen LogP contribution in [0.3, 0.4) is 0 Å². The second-order valence-electron chi connectivity index (χ2n) is 6.77. The molecule has 6 nitrogen and oxygen atoms in total. The Labute approximate surface area is 182 Å². The topological polar surface area (TPSA) is 54.9 Å². The van der Waals surface area contributed by atoms with E-state index < -0.39 is 0 Å². The van der Waals surface area contributed by atoms with Crippen LogP contribution in [0.15, 0.2) is 24.3 Å². The minimum atomic E-state index is -0.0779. The Morgan fingerprint density at radius 1 is 1.28 bits per heavy atom. The number of fused-ring (bicyclic) bond motifs is 1. The van der Waals surface area contributed by atoms with Gasteiger partial charge in [0, 0.05) is 26.2 Å². The number of thiazole rings is 1. The van der Waals surface area contributed by atoms with Crippen LogP contribution >= 0.6 is 34.3 Å². The molecule has 0 unspecified atom stereocenters. The van der Waals surface area contributed by atoms with Gasteiger partial charge in [-0.25, -0.2) is 4.98 Å². The average Bonchev–Trinajstić information content (AvgIpc) is 3.36. The molecule has 9 heteroatoms. The second-order valence-corrected chi connectivity index (χ2v) is 9.47. The van der Waals surface area contributed by atoms with E-state index in [-0.39, 0.29) is 5.91 Å². The van der Waals surface area contributed by atoms with Gasteiger partial charge in [0.1, 0.15) is 11.3 Å². The number of hydrogen-bond donors (Lipinski definition) is 0. The van der Waals surface area contributed by atoms with Crippen molar-refractivity contribution in [3.05, 3.63) is 39.0 Å². The van der Waals surface area contributed by atoms with E-state index >= 15 is 0 Å². The highest BCUT2D eigenvalue weighted by atomic mass is 35.5. The molecule has 0 radical (unpaired) electrons. The number of halogens is 1. The van der Waals surface area contributed by atoms with Crippen LogP contribution in [0.25, 0.3) is 10.2 Å². The van der Waals surface area contributed by atoms with Crippen molar-refractivity contribution in [3.8, 4) is 5.75 Å². The number of hydrogen-bond acceptors (Lipinski definition) is 7. The molecule has 154 valence electrons. The minimum Gasteiger partial charge on any atom is -0.494 e. The number of anilines is 1. The Bertz CT molecular complexity index is 1010. The number of ether oxygens (including phenoxy) is 2. The van der Waals surface area contributed by atoms with Crippen LogP contribution in [0.4, 0.5) is 5.13 Å². The molecule has 1 aliphatic rings. The molecule has 0 atom stereocenters. The lowest BCUT2D eigenvalue weighted by Crippen LogP contribution is -2.43. The molecule has 1 aromatic carbocycles. The molecule has 2 aromatic heterocycles. The number of methoxy groups -OCH3 is 1. The van der Waals surface area contributed by atoms with Gasteiger partial charge in [0.25, 0.3) is 5.91 Å². The summed E-state index contributed by atoms with van der Waals surface area (Å²) in [6, 6.07) is 7.46. The standard InChI is InChI=1S/C20H22ClN3O3S2/c1-13-3-4-14(26-2)17-18(13)29-20(22-17)24(8-7-23-9-11-27-12-10-23)19(25)15-5-6-16(21)28-15/h3-6H,7-12H2,1-2H3. The Morgan fingerprint density at radius 2 is 2.07 bits per heavy atom. The van der Waals surface area contributed by atoms with E-state index in [1.54, 1.807) is 24.1 Å². The van der Waals surface area contributed by atoms with E-state index in [2.05, 4.69) is 4.90 Å². The quantitative estimate of drug-likeness (QED) is 0.559. The van der Waals surface area contributed by atoms with Crippen molar-refractivity contribution in [2.45, 2.75) is 6.92 Å². The Hall–Kier alpha value is -1.71. The first-order valence-electron chi connectivity index (χ1n) is 9.38. The van der Waals surface area contributed by atoms with Gasteiger partial charge in [-0.1, -0.05) is 29.0 Å². The van der Waals surface area contributed by atoms with E-state index in [9.17, 15) is 4.79 Å². The molecule has 1 fully saturated rings. The predicted octanol–water partition coefficient (Wildman–Crippen LogP) is 4.31. The SMILES string of the molecule is COc1ccc(C)c2sc(N(CCN3CCOCC3)C(=O)c3ccc(Cl)s3)nc12. The number of morpholine rings is 1. The highest BCUT2D eigenvalue weighted by molar-refractivity contribution is 7.22. The Kier molecular flexibility index (Phi) is 6.36. The normalized spacial score (nSPS) is 15.0. The van der Waals surface area contributed by atoms with Gasteiger partial charge in [0.05, 0.1) is 34.2 Å². The summed E-state index contributed by atoms with van der Waals surface area (Å²) in [7, 11) is 1.64. The fraction of sp³-hybridized carbons (Fsp3) is 0.400. The van der Waals surface area contributed by atoms with Crippen LogP contribution in [0.1, 0.15) is 15.2 Å². The van der Waals surface area contributed by atoms with Gasteiger partial charge < -0.3 is 9.47 Å². The van der Waals surface area contributed by atoms with Gasteiger partial charge in [0.15, 0.2) is 5.13 Å². The van der Waals surface area contributed by atoms with E-state index in [0.717, 1.165) is 48.6 Å². The summed E-state index contributed by atoms with van der Waals surface area (Å²) in [5, 5.41) is 0.676. The minimum absolute atomic E-state index is 0.0779. The first-order valence-corrected chi connectivity index (χ1v) is 11.4. The highest BCUT2D eigenvalue weighted by Crippen LogP contribution is 2.37. The number of rotatable bonds is 6. The molecule has 1 amide bonds. The maximum Gasteiger partial charge on any atom is 0.270 e. The molecular formula is C20H22ClN3O3S2. The van der Waals surface area contributed by atoms with E-state index in [0.29, 0.717) is 26.6 Å². The lowest BCUT2D eigenvalue weighted by molar-refractivity contribution is 0.0391. The zero-order valence-electron chi connectivity index (χ0n) is 16.3. The first kappa shape index (κ1) is 20.6. The summed E-state index contributed by atoms with van der Waals surface area (Å²) in [5.41, 5.74) is 1.91. The largest absolute Gasteiger partial charge is 0.494 e. The molecule has 0 spiro atoms. The summed E-state index contributed by atoms with van der Waals surface area (Å²) in [4.78, 5) is 22.8. The lowest BCUT2D eigenvalue weighted by Gasteiger charge is -2.29. The van der Waals surface area contributed by atoms with E-state index in [1.165, 1.54) is 22.7 Å². The number of thiophene rings is 1. The van der Waals surface area contributed by atoms with Gasteiger partial charge in [0.2, 0.25) is 0 Å². The highest BCUT2D eigenvalue weighted by Gasteiger charge is 2.25. The average molecular weight is 452 g/mol. The first-order chi connectivity index (χ1) is 14.1. The molecule has 1 saturated heterocycles. The fourth-order valence-electron chi connectivity index (χ4n) is 3.29. The van der Waals surface area contributed by atoms with Crippen molar-refractivity contribution >= 4 is 55.5 Å².